The van der Waals surface area contributed by atoms with Gasteiger partial charge in [-0.05, 0) is 25.5 Å². The van der Waals surface area contributed by atoms with Crippen LogP contribution in [0.15, 0.2) is 22.8 Å². The number of carbonyl (C=O) groups is 1. The van der Waals surface area contributed by atoms with Gasteiger partial charge in [0.25, 0.3) is 0 Å². The van der Waals surface area contributed by atoms with Crippen molar-refractivity contribution in [1.82, 2.24) is 5.32 Å². The SMILES string of the molecule is CCC(N)C(=O)N[C@@H](C)c1ccco1. The summed E-state index contributed by atoms with van der Waals surface area (Å²) < 4.78 is 5.15. The van der Waals surface area contributed by atoms with E-state index in [-0.39, 0.29) is 11.9 Å². The average molecular weight is 196 g/mol. The number of hydrogen-bond acceptors (Lipinski definition) is 3. The van der Waals surface area contributed by atoms with Crippen molar-refractivity contribution in [1.29, 1.82) is 0 Å². The second kappa shape index (κ2) is 4.81. The molecule has 4 nitrogen and oxygen atoms in total. The molecule has 0 spiro atoms. The summed E-state index contributed by atoms with van der Waals surface area (Å²) in [5.41, 5.74) is 5.58. The Labute approximate surface area is 83.5 Å². The molecule has 1 aromatic rings. The van der Waals surface area contributed by atoms with E-state index >= 15 is 0 Å². The number of carbonyl (C=O) groups excluding carboxylic acids is 1. The third-order valence-electron chi connectivity index (χ3n) is 2.11. The highest BCUT2D eigenvalue weighted by atomic mass is 16.3. The Bertz CT molecular complexity index is 282. The zero-order valence-electron chi connectivity index (χ0n) is 8.49. The van der Waals surface area contributed by atoms with Crippen LogP contribution >= 0.6 is 0 Å². The number of hydrogen-bond donors (Lipinski definition) is 2. The summed E-state index contributed by atoms with van der Waals surface area (Å²) in [6.45, 7) is 3.74. The molecular weight excluding hydrogens is 180 g/mol. The first kappa shape index (κ1) is 10.8. The lowest BCUT2D eigenvalue weighted by molar-refractivity contribution is -0.123. The number of furan rings is 1. The van der Waals surface area contributed by atoms with Crippen LogP contribution in [0.4, 0.5) is 0 Å². The molecular formula is C10H16N2O2. The van der Waals surface area contributed by atoms with Crippen LogP contribution in [0.5, 0.6) is 0 Å². The van der Waals surface area contributed by atoms with Crippen molar-refractivity contribution >= 4 is 5.91 Å². The van der Waals surface area contributed by atoms with Crippen LogP contribution in [-0.2, 0) is 4.79 Å². The maximum atomic E-state index is 11.4. The molecule has 14 heavy (non-hydrogen) atoms. The fraction of sp³-hybridized carbons (Fsp3) is 0.500. The molecule has 0 fully saturated rings. The highest BCUT2D eigenvalue weighted by Crippen LogP contribution is 2.12. The van der Waals surface area contributed by atoms with Crippen LogP contribution in [-0.4, -0.2) is 11.9 Å². The van der Waals surface area contributed by atoms with Gasteiger partial charge in [-0.3, -0.25) is 4.79 Å². The second-order valence-electron chi connectivity index (χ2n) is 3.26. The minimum absolute atomic E-state index is 0.130. The van der Waals surface area contributed by atoms with Crippen LogP contribution in [0.2, 0.25) is 0 Å². The standard InChI is InChI=1S/C10H16N2O2/c1-3-8(11)10(13)12-7(2)9-5-4-6-14-9/h4-8H,3,11H2,1-2H3,(H,12,13)/t7-,8?/m0/s1. The Morgan fingerprint density at radius 2 is 2.43 bits per heavy atom. The molecule has 0 saturated heterocycles. The zero-order chi connectivity index (χ0) is 10.6. The molecule has 3 N–H and O–H groups in total. The van der Waals surface area contributed by atoms with Gasteiger partial charge >= 0.3 is 0 Å². The monoisotopic (exact) mass is 196 g/mol. The van der Waals surface area contributed by atoms with Gasteiger partial charge in [0.05, 0.1) is 18.3 Å². The van der Waals surface area contributed by atoms with E-state index in [0.29, 0.717) is 6.42 Å². The van der Waals surface area contributed by atoms with Crippen LogP contribution in [0.25, 0.3) is 0 Å². The Kier molecular flexibility index (Phi) is 3.71. The predicted octanol–water partition coefficient (Wildman–Crippen LogP) is 1.19. The summed E-state index contributed by atoms with van der Waals surface area (Å²) in [7, 11) is 0. The number of rotatable bonds is 4. The molecule has 1 heterocycles. The molecule has 0 aliphatic rings. The third kappa shape index (κ3) is 2.60. The van der Waals surface area contributed by atoms with Crippen LogP contribution in [0, 0.1) is 0 Å². The largest absolute Gasteiger partial charge is 0.467 e. The van der Waals surface area contributed by atoms with E-state index in [9.17, 15) is 4.79 Å². The quantitative estimate of drug-likeness (QED) is 0.760. The zero-order valence-corrected chi connectivity index (χ0v) is 8.49. The first-order valence-electron chi connectivity index (χ1n) is 4.74. The fourth-order valence-corrected chi connectivity index (χ4v) is 1.11. The molecule has 78 valence electrons. The molecule has 0 bridgehead atoms. The van der Waals surface area contributed by atoms with E-state index in [1.54, 1.807) is 12.3 Å². The van der Waals surface area contributed by atoms with Crippen LogP contribution in [0.3, 0.4) is 0 Å². The smallest absolute Gasteiger partial charge is 0.237 e. The molecule has 0 aromatic carbocycles. The van der Waals surface area contributed by atoms with E-state index in [4.69, 9.17) is 10.2 Å². The summed E-state index contributed by atoms with van der Waals surface area (Å²) in [6.07, 6.45) is 2.22. The minimum Gasteiger partial charge on any atom is -0.467 e. The van der Waals surface area contributed by atoms with Gasteiger partial charge in [0.15, 0.2) is 0 Å². The minimum atomic E-state index is -0.438. The van der Waals surface area contributed by atoms with Gasteiger partial charge < -0.3 is 15.5 Å². The predicted molar refractivity (Wildman–Crippen MR) is 53.5 cm³/mol. The van der Waals surface area contributed by atoms with Gasteiger partial charge in [0.1, 0.15) is 5.76 Å². The van der Waals surface area contributed by atoms with Crippen molar-refractivity contribution < 1.29 is 9.21 Å². The second-order valence-corrected chi connectivity index (χ2v) is 3.26. The molecule has 0 aliphatic heterocycles. The Balaban J connectivity index is 2.49. The third-order valence-corrected chi connectivity index (χ3v) is 2.11. The summed E-state index contributed by atoms with van der Waals surface area (Å²) in [5.74, 6) is 0.595. The maximum Gasteiger partial charge on any atom is 0.237 e. The number of amides is 1. The lowest BCUT2D eigenvalue weighted by Gasteiger charge is -2.14. The molecule has 1 rings (SSSR count). The van der Waals surface area contributed by atoms with E-state index in [2.05, 4.69) is 5.32 Å². The van der Waals surface area contributed by atoms with Gasteiger partial charge in [-0.25, -0.2) is 0 Å². The summed E-state index contributed by atoms with van der Waals surface area (Å²) in [5, 5.41) is 2.78. The summed E-state index contributed by atoms with van der Waals surface area (Å²) in [4.78, 5) is 11.4. The Morgan fingerprint density at radius 3 is 2.93 bits per heavy atom. The van der Waals surface area contributed by atoms with E-state index in [1.807, 2.05) is 19.9 Å². The fourth-order valence-electron chi connectivity index (χ4n) is 1.11. The normalized spacial score (nSPS) is 14.8. The maximum absolute atomic E-state index is 11.4. The highest BCUT2D eigenvalue weighted by molar-refractivity contribution is 5.81. The first-order chi connectivity index (χ1) is 6.65. The van der Waals surface area contributed by atoms with Crippen LogP contribution < -0.4 is 11.1 Å². The number of nitrogens with two attached hydrogens (primary N) is 1. The van der Waals surface area contributed by atoms with Crippen molar-refractivity contribution in [3.05, 3.63) is 24.2 Å². The van der Waals surface area contributed by atoms with Gasteiger partial charge in [-0.2, -0.15) is 0 Å². The molecule has 0 saturated carbocycles. The van der Waals surface area contributed by atoms with E-state index in [1.165, 1.54) is 0 Å². The first-order valence-corrected chi connectivity index (χ1v) is 4.74. The highest BCUT2D eigenvalue weighted by Gasteiger charge is 2.15. The average Bonchev–Trinajstić information content (AvgIpc) is 2.69. The van der Waals surface area contributed by atoms with E-state index < -0.39 is 6.04 Å². The molecule has 1 aromatic heterocycles. The molecule has 0 aliphatic carbocycles. The van der Waals surface area contributed by atoms with Crippen molar-refractivity contribution in [2.45, 2.75) is 32.4 Å². The summed E-state index contributed by atoms with van der Waals surface area (Å²) >= 11 is 0. The summed E-state index contributed by atoms with van der Waals surface area (Å²) in [6, 6.07) is 3.04. The van der Waals surface area contributed by atoms with Gasteiger partial charge in [0, 0.05) is 0 Å². The van der Waals surface area contributed by atoms with Crippen LogP contribution in [0.1, 0.15) is 32.1 Å². The van der Waals surface area contributed by atoms with Crippen molar-refractivity contribution in [2.24, 2.45) is 5.73 Å². The molecule has 0 radical (unpaired) electrons. The lowest BCUT2D eigenvalue weighted by Crippen LogP contribution is -2.41. The molecule has 4 heteroatoms. The van der Waals surface area contributed by atoms with Crippen molar-refractivity contribution in [3.63, 3.8) is 0 Å². The molecule has 1 unspecified atom stereocenters. The number of nitrogens with one attached hydrogen (secondary N) is 1. The topological polar surface area (TPSA) is 68.3 Å². The molecule has 1 amide bonds. The Hall–Kier alpha value is -1.29. The Morgan fingerprint density at radius 1 is 1.71 bits per heavy atom. The van der Waals surface area contributed by atoms with Crippen molar-refractivity contribution in [3.8, 4) is 0 Å². The van der Waals surface area contributed by atoms with Gasteiger partial charge in [0.2, 0.25) is 5.91 Å². The molecule has 2 atom stereocenters. The van der Waals surface area contributed by atoms with Crippen molar-refractivity contribution in [2.75, 3.05) is 0 Å². The lowest BCUT2D eigenvalue weighted by atomic mass is 10.2. The van der Waals surface area contributed by atoms with E-state index in [0.717, 1.165) is 5.76 Å². The van der Waals surface area contributed by atoms with Gasteiger partial charge in [-0.1, -0.05) is 6.92 Å². The van der Waals surface area contributed by atoms with Gasteiger partial charge in [-0.15, -0.1) is 0 Å².